The average molecular weight is 455 g/mol. The van der Waals surface area contributed by atoms with Gasteiger partial charge in [-0.05, 0) is 35.1 Å². The van der Waals surface area contributed by atoms with Crippen molar-refractivity contribution in [3.05, 3.63) is 59.7 Å². The zero-order chi connectivity index (χ0) is 23.8. The maximum Gasteiger partial charge on any atom is 0.407 e. The van der Waals surface area contributed by atoms with Gasteiger partial charge in [0.2, 0.25) is 5.91 Å². The molecule has 0 aliphatic heterocycles. The van der Waals surface area contributed by atoms with E-state index in [0.29, 0.717) is 19.4 Å². The summed E-state index contributed by atoms with van der Waals surface area (Å²) in [5.41, 5.74) is 4.48. The molecule has 3 N–H and O–H groups in total. The lowest BCUT2D eigenvalue weighted by Gasteiger charge is -2.19. The predicted octanol–water partition coefficient (Wildman–Crippen LogP) is 3.16. The molecule has 2 atom stereocenters. The number of carbonyl (C=O) groups is 3. The van der Waals surface area contributed by atoms with E-state index < -0.39 is 29.9 Å². The molecule has 0 heterocycles. The molecule has 0 saturated heterocycles. The number of carbonyl (C=O) groups excluding carboxylic acids is 2. The molecule has 0 fully saturated rings. The van der Waals surface area contributed by atoms with Crippen LogP contribution >= 0.6 is 0 Å². The van der Waals surface area contributed by atoms with Crippen molar-refractivity contribution in [3.63, 3.8) is 0 Å². The van der Waals surface area contributed by atoms with Crippen LogP contribution in [-0.4, -0.2) is 56.0 Å². The zero-order valence-corrected chi connectivity index (χ0v) is 18.9. The maximum absolute atomic E-state index is 12.5. The van der Waals surface area contributed by atoms with Crippen molar-refractivity contribution in [2.75, 3.05) is 26.9 Å². The lowest BCUT2D eigenvalue weighted by Crippen LogP contribution is -2.49. The van der Waals surface area contributed by atoms with Gasteiger partial charge in [-0.2, -0.15) is 0 Å². The standard InChI is InChI=1S/C25H30N2O6/c1-16(24(29)30)8-7-13-26-23(28)22(15-32-2)27-25(31)33-14-21-19-11-5-3-9-17(19)18-10-4-6-12-20(18)21/h3-6,9-12,16,21-22H,7-8,13-15H2,1-2H3,(H,26,28)(H,27,31)(H,29,30). The first-order valence-electron chi connectivity index (χ1n) is 11.0. The summed E-state index contributed by atoms with van der Waals surface area (Å²) in [6.45, 7) is 2.06. The van der Waals surface area contributed by atoms with Crippen LogP contribution in [0.25, 0.3) is 11.1 Å². The molecule has 2 aromatic rings. The molecule has 0 saturated carbocycles. The Labute approximate surface area is 193 Å². The summed E-state index contributed by atoms with van der Waals surface area (Å²) in [6, 6.07) is 15.2. The topological polar surface area (TPSA) is 114 Å². The predicted molar refractivity (Wildman–Crippen MR) is 123 cm³/mol. The summed E-state index contributed by atoms with van der Waals surface area (Å²) in [5, 5.41) is 14.2. The van der Waals surface area contributed by atoms with Crippen molar-refractivity contribution >= 4 is 18.0 Å². The Morgan fingerprint density at radius 3 is 2.21 bits per heavy atom. The number of carboxylic acid groups (broad SMARTS) is 1. The van der Waals surface area contributed by atoms with E-state index >= 15 is 0 Å². The highest BCUT2D eigenvalue weighted by Crippen LogP contribution is 2.44. The number of nitrogens with one attached hydrogen (secondary N) is 2. The highest BCUT2D eigenvalue weighted by atomic mass is 16.5. The van der Waals surface area contributed by atoms with E-state index in [1.165, 1.54) is 7.11 Å². The summed E-state index contributed by atoms with van der Waals surface area (Å²) in [7, 11) is 1.44. The van der Waals surface area contributed by atoms with Crippen molar-refractivity contribution < 1.29 is 29.0 Å². The first-order valence-corrected chi connectivity index (χ1v) is 11.0. The van der Waals surface area contributed by atoms with Crippen molar-refractivity contribution in [2.45, 2.75) is 31.7 Å². The molecule has 3 rings (SSSR count). The summed E-state index contributed by atoms with van der Waals surface area (Å²) in [6.07, 6.45) is 0.266. The van der Waals surface area contributed by atoms with Crippen molar-refractivity contribution in [2.24, 2.45) is 5.92 Å². The molecule has 1 aliphatic carbocycles. The summed E-state index contributed by atoms with van der Waals surface area (Å²) in [4.78, 5) is 35.8. The fraction of sp³-hybridized carbons (Fsp3) is 0.400. The van der Waals surface area contributed by atoms with Gasteiger partial charge in [-0.3, -0.25) is 9.59 Å². The van der Waals surface area contributed by atoms with E-state index in [1.54, 1.807) is 6.92 Å². The number of carboxylic acids is 1. The molecular formula is C25H30N2O6. The number of ether oxygens (including phenoxy) is 2. The average Bonchev–Trinajstić information content (AvgIpc) is 3.13. The number of methoxy groups -OCH3 is 1. The van der Waals surface area contributed by atoms with Gasteiger partial charge >= 0.3 is 12.1 Å². The van der Waals surface area contributed by atoms with Gasteiger partial charge in [0.15, 0.2) is 0 Å². The molecule has 8 heteroatoms. The lowest BCUT2D eigenvalue weighted by atomic mass is 9.98. The third-order valence-electron chi connectivity index (χ3n) is 5.82. The quantitative estimate of drug-likeness (QED) is 0.450. The molecule has 2 amide bonds. The fourth-order valence-corrected chi connectivity index (χ4v) is 4.00. The van der Waals surface area contributed by atoms with Gasteiger partial charge in [0.25, 0.3) is 0 Å². The molecule has 1 aliphatic rings. The van der Waals surface area contributed by atoms with Gasteiger partial charge in [0.1, 0.15) is 12.6 Å². The van der Waals surface area contributed by atoms with Crippen LogP contribution in [0.1, 0.15) is 36.8 Å². The smallest absolute Gasteiger partial charge is 0.407 e. The van der Waals surface area contributed by atoms with Crippen LogP contribution in [0.2, 0.25) is 0 Å². The van der Waals surface area contributed by atoms with Gasteiger partial charge in [-0.25, -0.2) is 4.79 Å². The minimum Gasteiger partial charge on any atom is -0.481 e. The van der Waals surface area contributed by atoms with E-state index in [-0.39, 0.29) is 19.1 Å². The molecule has 2 aromatic carbocycles. The van der Waals surface area contributed by atoms with Crippen LogP contribution in [0.3, 0.4) is 0 Å². The fourth-order valence-electron chi connectivity index (χ4n) is 4.00. The van der Waals surface area contributed by atoms with Gasteiger partial charge in [0.05, 0.1) is 12.5 Å². The minimum absolute atomic E-state index is 0.0123. The Bertz CT molecular complexity index is 947. The van der Waals surface area contributed by atoms with E-state index in [4.69, 9.17) is 14.6 Å². The Morgan fingerprint density at radius 2 is 1.64 bits per heavy atom. The molecular weight excluding hydrogens is 424 g/mol. The van der Waals surface area contributed by atoms with Gasteiger partial charge in [-0.15, -0.1) is 0 Å². The van der Waals surface area contributed by atoms with Crippen LogP contribution in [0, 0.1) is 5.92 Å². The third kappa shape index (κ3) is 6.10. The second kappa shape index (κ2) is 11.5. The van der Waals surface area contributed by atoms with Crippen LogP contribution < -0.4 is 10.6 Å². The molecule has 33 heavy (non-hydrogen) atoms. The number of alkyl carbamates (subject to hydrolysis) is 1. The number of benzene rings is 2. The Balaban J connectivity index is 1.53. The van der Waals surface area contributed by atoms with Crippen LogP contribution in [-0.2, 0) is 19.1 Å². The van der Waals surface area contributed by atoms with E-state index in [9.17, 15) is 14.4 Å². The second-order valence-corrected chi connectivity index (χ2v) is 8.15. The normalized spacial score (nSPS) is 14.0. The number of fused-ring (bicyclic) bond motifs is 3. The van der Waals surface area contributed by atoms with Crippen molar-refractivity contribution in [3.8, 4) is 11.1 Å². The monoisotopic (exact) mass is 454 g/mol. The largest absolute Gasteiger partial charge is 0.481 e. The number of aliphatic carboxylic acids is 1. The number of hydrogen-bond donors (Lipinski definition) is 3. The SMILES string of the molecule is COCC(NC(=O)OCC1c2ccccc2-c2ccccc21)C(=O)NCCCC(C)C(=O)O. The molecule has 0 radical (unpaired) electrons. The highest BCUT2D eigenvalue weighted by molar-refractivity contribution is 5.86. The van der Waals surface area contributed by atoms with Gasteiger partial charge in [0, 0.05) is 19.6 Å². The highest BCUT2D eigenvalue weighted by Gasteiger charge is 2.29. The zero-order valence-electron chi connectivity index (χ0n) is 18.9. The molecule has 176 valence electrons. The van der Waals surface area contributed by atoms with Gasteiger partial charge < -0.3 is 25.2 Å². The van der Waals surface area contributed by atoms with Crippen molar-refractivity contribution in [1.82, 2.24) is 10.6 Å². The maximum atomic E-state index is 12.5. The molecule has 0 bridgehead atoms. The Morgan fingerprint density at radius 1 is 1.03 bits per heavy atom. The second-order valence-electron chi connectivity index (χ2n) is 8.15. The van der Waals surface area contributed by atoms with E-state index in [1.807, 2.05) is 36.4 Å². The number of hydrogen-bond acceptors (Lipinski definition) is 5. The molecule has 0 spiro atoms. The van der Waals surface area contributed by atoms with E-state index in [2.05, 4.69) is 22.8 Å². The Hall–Kier alpha value is -3.39. The van der Waals surface area contributed by atoms with Crippen LogP contribution in [0.15, 0.2) is 48.5 Å². The summed E-state index contributed by atoms with van der Waals surface area (Å²) < 4.78 is 10.6. The third-order valence-corrected chi connectivity index (χ3v) is 5.82. The first kappa shape index (κ1) is 24.3. The van der Waals surface area contributed by atoms with E-state index in [0.717, 1.165) is 22.3 Å². The van der Waals surface area contributed by atoms with Crippen LogP contribution in [0.5, 0.6) is 0 Å². The Kier molecular flexibility index (Phi) is 8.43. The molecule has 0 aromatic heterocycles. The number of rotatable bonds is 11. The molecule has 2 unspecified atom stereocenters. The van der Waals surface area contributed by atoms with Gasteiger partial charge in [-0.1, -0.05) is 55.5 Å². The lowest BCUT2D eigenvalue weighted by molar-refractivity contribution is -0.141. The minimum atomic E-state index is -0.914. The first-order chi connectivity index (χ1) is 15.9. The number of amides is 2. The summed E-state index contributed by atoms with van der Waals surface area (Å²) >= 11 is 0. The van der Waals surface area contributed by atoms with Crippen LogP contribution in [0.4, 0.5) is 4.79 Å². The summed E-state index contributed by atoms with van der Waals surface area (Å²) in [5.74, 6) is -1.83. The molecule has 8 nitrogen and oxygen atoms in total. The van der Waals surface area contributed by atoms with Crippen molar-refractivity contribution in [1.29, 1.82) is 0 Å².